The molecule has 12 heteroatoms. The molecule has 0 unspecified atom stereocenters. The second-order valence-corrected chi connectivity index (χ2v) is 8.45. The van der Waals surface area contributed by atoms with Crippen molar-refractivity contribution in [2.75, 3.05) is 20.8 Å². The Kier molecular flexibility index (Phi) is 8.85. The van der Waals surface area contributed by atoms with Gasteiger partial charge in [0.15, 0.2) is 0 Å². The van der Waals surface area contributed by atoms with E-state index in [1.165, 1.54) is 4.90 Å². The maximum Gasteiger partial charge on any atom is 0.416 e. The van der Waals surface area contributed by atoms with Crippen molar-refractivity contribution in [1.29, 1.82) is 0 Å². The van der Waals surface area contributed by atoms with Crippen molar-refractivity contribution in [2.24, 2.45) is 0 Å². The van der Waals surface area contributed by atoms with E-state index in [4.69, 9.17) is 14.2 Å². The molecule has 1 aliphatic heterocycles. The summed E-state index contributed by atoms with van der Waals surface area (Å²) in [4.78, 5) is 26.6. The molecule has 1 saturated heterocycles. The molecule has 0 amide bonds. The van der Waals surface area contributed by atoms with Gasteiger partial charge < -0.3 is 14.2 Å². The first-order valence-corrected chi connectivity index (χ1v) is 11.2. The maximum atomic E-state index is 13.3. The highest BCUT2D eigenvalue weighted by Crippen LogP contribution is 2.38. The van der Waals surface area contributed by atoms with Gasteiger partial charge in [-0.3, -0.25) is 4.90 Å². The third-order valence-corrected chi connectivity index (χ3v) is 6.05. The summed E-state index contributed by atoms with van der Waals surface area (Å²) in [5.41, 5.74) is -2.57. The Labute approximate surface area is 209 Å². The fourth-order valence-corrected chi connectivity index (χ4v) is 4.40. The molecule has 3 rings (SSSR count). The summed E-state index contributed by atoms with van der Waals surface area (Å²) < 4.78 is 95.1. The lowest BCUT2D eigenvalue weighted by atomic mass is 9.90. The number of likely N-dealkylation sites (tertiary alicyclic amines) is 1. The van der Waals surface area contributed by atoms with Crippen LogP contribution in [0, 0.1) is 0 Å². The Hall–Kier alpha value is -3.12. The van der Waals surface area contributed by atoms with Gasteiger partial charge in [-0.1, -0.05) is 30.3 Å². The van der Waals surface area contributed by atoms with Crippen LogP contribution in [-0.4, -0.2) is 49.7 Å². The van der Waals surface area contributed by atoms with E-state index < -0.39 is 60.2 Å². The van der Waals surface area contributed by atoms with Crippen LogP contribution < -0.4 is 0 Å². The van der Waals surface area contributed by atoms with E-state index in [1.807, 2.05) is 0 Å². The minimum Gasteiger partial charge on any atom is -0.467 e. The van der Waals surface area contributed by atoms with Crippen molar-refractivity contribution in [2.45, 2.75) is 50.0 Å². The van der Waals surface area contributed by atoms with E-state index in [0.29, 0.717) is 30.5 Å². The zero-order valence-corrected chi connectivity index (χ0v) is 19.9. The third kappa shape index (κ3) is 6.80. The molecule has 2 aromatic carbocycles. The monoisotopic (exact) mass is 533 g/mol. The van der Waals surface area contributed by atoms with Gasteiger partial charge in [0.1, 0.15) is 0 Å². The van der Waals surface area contributed by atoms with E-state index in [1.54, 1.807) is 30.3 Å². The molecule has 37 heavy (non-hydrogen) atoms. The fraction of sp³-hybridized carbons (Fsp3) is 0.440. The number of alkyl halides is 6. The Balaban J connectivity index is 1.97. The molecular weight excluding hydrogens is 508 g/mol. The first kappa shape index (κ1) is 28.5. The van der Waals surface area contributed by atoms with Crippen LogP contribution in [-0.2, 0) is 42.8 Å². The number of carbonyl (C=O) groups excluding carboxylic acids is 2. The fourth-order valence-electron chi connectivity index (χ4n) is 4.40. The number of piperidine rings is 1. The zero-order chi connectivity index (χ0) is 27.4. The summed E-state index contributed by atoms with van der Waals surface area (Å²) in [6.07, 6.45) is -9.96. The molecule has 0 spiro atoms. The second kappa shape index (κ2) is 11.5. The minimum absolute atomic E-state index is 0.0515. The molecule has 2 aromatic rings. The van der Waals surface area contributed by atoms with Crippen molar-refractivity contribution in [3.8, 4) is 0 Å². The van der Waals surface area contributed by atoms with Crippen LogP contribution in [0.3, 0.4) is 0 Å². The summed E-state index contributed by atoms with van der Waals surface area (Å²) in [5.74, 6) is -1.75. The van der Waals surface area contributed by atoms with Crippen molar-refractivity contribution >= 4 is 11.9 Å². The highest BCUT2D eigenvalue weighted by atomic mass is 19.4. The molecule has 1 fully saturated rings. The number of benzene rings is 2. The molecule has 0 bridgehead atoms. The predicted octanol–water partition coefficient (Wildman–Crippen LogP) is 5.16. The smallest absolute Gasteiger partial charge is 0.416 e. The van der Waals surface area contributed by atoms with Crippen molar-refractivity contribution in [1.82, 2.24) is 4.90 Å². The first-order valence-electron chi connectivity index (χ1n) is 11.2. The van der Waals surface area contributed by atoms with Gasteiger partial charge in [-0.25, -0.2) is 9.59 Å². The van der Waals surface area contributed by atoms with E-state index in [0.717, 1.165) is 14.2 Å². The van der Waals surface area contributed by atoms with Crippen molar-refractivity contribution in [3.63, 3.8) is 0 Å². The second-order valence-electron chi connectivity index (χ2n) is 8.45. The highest BCUT2D eigenvalue weighted by Gasteiger charge is 2.44. The quantitative estimate of drug-likeness (QED) is 0.278. The molecule has 1 heterocycles. The summed E-state index contributed by atoms with van der Waals surface area (Å²) in [6.45, 7) is -0.300. The van der Waals surface area contributed by atoms with Crippen LogP contribution in [0.4, 0.5) is 26.3 Å². The molecule has 0 saturated carbocycles. The lowest BCUT2D eigenvalue weighted by Crippen LogP contribution is -2.54. The average Bonchev–Trinajstić information content (AvgIpc) is 2.86. The highest BCUT2D eigenvalue weighted by molar-refractivity contribution is 5.99. The Bertz CT molecular complexity index is 1040. The summed E-state index contributed by atoms with van der Waals surface area (Å²) in [7, 11) is 2.22. The van der Waals surface area contributed by atoms with Crippen LogP contribution in [0.25, 0.3) is 0 Å². The van der Waals surface area contributed by atoms with Gasteiger partial charge in [0.2, 0.25) is 6.04 Å². The molecule has 0 radical (unpaired) electrons. The van der Waals surface area contributed by atoms with Crippen LogP contribution in [0.1, 0.15) is 41.1 Å². The topological polar surface area (TPSA) is 65.1 Å². The van der Waals surface area contributed by atoms with Gasteiger partial charge in [-0.15, -0.1) is 0 Å². The van der Waals surface area contributed by atoms with Gasteiger partial charge in [0, 0.05) is 6.54 Å². The first-order chi connectivity index (χ1) is 17.4. The van der Waals surface area contributed by atoms with Crippen molar-refractivity contribution in [3.05, 3.63) is 70.8 Å². The number of rotatable bonds is 7. The number of hydrogen-bond acceptors (Lipinski definition) is 6. The molecule has 2 atom stereocenters. The molecule has 0 aliphatic carbocycles. The zero-order valence-electron chi connectivity index (χ0n) is 19.9. The molecular formula is C25H25F6NO5. The molecule has 0 N–H and O–H groups in total. The van der Waals surface area contributed by atoms with Crippen LogP contribution >= 0.6 is 0 Å². The summed E-state index contributed by atoms with van der Waals surface area (Å²) in [6, 6.07) is 7.69. The number of halogens is 6. The van der Waals surface area contributed by atoms with Crippen LogP contribution in [0.2, 0.25) is 0 Å². The number of esters is 2. The molecule has 202 valence electrons. The van der Waals surface area contributed by atoms with Crippen LogP contribution in [0.15, 0.2) is 48.5 Å². The summed E-state index contributed by atoms with van der Waals surface area (Å²) >= 11 is 0. The number of methoxy groups -OCH3 is 2. The maximum absolute atomic E-state index is 13.3. The Morgan fingerprint density at radius 2 is 1.46 bits per heavy atom. The number of ether oxygens (including phenoxy) is 3. The lowest BCUT2D eigenvalue weighted by Gasteiger charge is -2.43. The Morgan fingerprint density at radius 1 is 0.919 bits per heavy atom. The van der Waals surface area contributed by atoms with E-state index in [2.05, 4.69) is 0 Å². The van der Waals surface area contributed by atoms with E-state index in [-0.39, 0.29) is 18.2 Å². The van der Waals surface area contributed by atoms with Gasteiger partial charge in [-0.2, -0.15) is 26.3 Å². The predicted molar refractivity (Wildman–Crippen MR) is 118 cm³/mol. The molecule has 6 nitrogen and oxygen atoms in total. The summed E-state index contributed by atoms with van der Waals surface area (Å²) in [5, 5.41) is 0. The van der Waals surface area contributed by atoms with Crippen LogP contribution in [0.5, 0.6) is 0 Å². The molecule has 1 aliphatic rings. The Morgan fingerprint density at radius 3 is 1.95 bits per heavy atom. The van der Waals surface area contributed by atoms with E-state index >= 15 is 0 Å². The molecule has 0 aromatic heterocycles. The minimum atomic E-state index is -4.99. The van der Waals surface area contributed by atoms with Crippen molar-refractivity contribution < 1.29 is 50.1 Å². The average molecular weight is 533 g/mol. The van der Waals surface area contributed by atoms with Gasteiger partial charge in [-0.05, 0) is 42.2 Å². The number of hydrogen-bond donors (Lipinski definition) is 0. The van der Waals surface area contributed by atoms with Gasteiger partial charge >= 0.3 is 24.3 Å². The van der Waals surface area contributed by atoms with Gasteiger partial charge in [0.05, 0.1) is 44.1 Å². The largest absolute Gasteiger partial charge is 0.467 e. The number of nitrogens with zero attached hydrogens (tertiary/aromatic N) is 1. The lowest BCUT2D eigenvalue weighted by molar-refractivity contribution is -0.166. The van der Waals surface area contributed by atoms with E-state index in [9.17, 15) is 35.9 Å². The number of carbonyl (C=O) groups is 2. The normalized spacial score (nSPS) is 19.1. The third-order valence-electron chi connectivity index (χ3n) is 6.05. The SMILES string of the molecule is COC(=O)C(C(=O)OC)N1CCC[C@H](OCc2cc(C(F)(F)F)cc(C(F)(F)F)c2)[C@@H]1c1ccccc1. The van der Waals surface area contributed by atoms with Gasteiger partial charge in [0.25, 0.3) is 0 Å². The standard InChI is InChI=1S/C25H25F6NO5/c1-35-22(33)21(23(34)36-2)32-10-6-9-19(20(32)16-7-4-3-5-8-16)37-14-15-11-17(24(26,27)28)13-18(12-15)25(29,30)31/h3-5,7-8,11-13,19-21H,6,9-10,14H2,1-2H3/t19-,20-/m0/s1.